The van der Waals surface area contributed by atoms with Crippen molar-refractivity contribution in [3.8, 4) is 17.2 Å². The van der Waals surface area contributed by atoms with Crippen LogP contribution in [0.2, 0.25) is 0 Å². The van der Waals surface area contributed by atoms with Gasteiger partial charge in [0.25, 0.3) is 5.91 Å². The number of hydrogen-bond donors (Lipinski definition) is 3. The third kappa shape index (κ3) is 8.15. The molecule has 11 nitrogen and oxygen atoms in total. The first-order chi connectivity index (χ1) is 18.8. The standard InChI is InChI=1S/C25H28F3N7O4/c1-29-24(36)18-8-17(9-20(10-18)39-25(26,27)28)13-30-4-2-3-5-37-6-7-38-23-12-19(35-15-32-33-16-35)11-22-21(23)14-31-34-22/h8-12,14-16,30H,2-7,13H2,1H3,(H,29,36)(H,31,34). The molecule has 3 N–H and O–H groups in total. The minimum absolute atomic E-state index is 0.0886. The SMILES string of the molecule is CNC(=O)c1cc(CNCCCCOCCOc2cc(-n3cnnc3)cc3[nH]ncc23)cc(OC(F)(F)F)c1. The van der Waals surface area contributed by atoms with Gasteiger partial charge in [-0.2, -0.15) is 5.10 Å². The molecule has 0 spiro atoms. The number of fused-ring (bicyclic) bond motifs is 1. The molecule has 0 aliphatic carbocycles. The highest BCUT2D eigenvalue weighted by Crippen LogP contribution is 2.28. The molecule has 14 heteroatoms. The quantitative estimate of drug-likeness (QED) is 0.205. The van der Waals surface area contributed by atoms with E-state index in [4.69, 9.17) is 9.47 Å². The molecule has 0 aliphatic heterocycles. The normalized spacial score (nSPS) is 11.6. The molecule has 0 fully saturated rings. The topological polar surface area (TPSA) is 128 Å². The lowest BCUT2D eigenvalue weighted by molar-refractivity contribution is -0.274. The van der Waals surface area contributed by atoms with Crippen molar-refractivity contribution in [3.05, 3.63) is 60.3 Å². The predicted molar refractivity (Wildman–Crippen MR) is 135 cm³/mol. The Morgan fingerprint density at radius 3 is 2.64 bits per heavy atom. The number of hydrogen-bond acceptors (Lipinski definition) is 8. The zero-order valence-electron chi connectivity index (χ0n) is 21.1. The van der Waals surface area contributed by atoms with Crippen molar-refractivity contribution < 1.29 is 32.2 Å². The molecule has 4 rings (SSSR count). The summed E-state index contributed by atoms with van der Waals surface area (Å²) in [6.07, 6.45) is 1.63. The Kier molecular flexibility index (Phi) is 9.33. The van der Waals surface area contributed by atoms with E-state index in [1.807, 2.05) is 12.1 Å². The molecule has 2 aromatic heterocycles. The molecule has 0 unspecified atom stereocenters. The second-order valence-electron chi connectivity index (χ2n) is 8.48. The zero-order chi connectivity index (χ0) is 27.7. The number of alkyl halides is 3. The highest BCUT2D eigenvalue weighted by molar-refractivity contribution is 5.94. The number of ether oxygens (including phenoxy) is 3. The van der Waals surface area contributed by atoms with Gasteiger partial charge < -0.3 is 24.8 Å². The van der Waals surface area contributed by atoms with Crippen molar-refractivity contribution in [1.29, 1.82) is 0 Å². The summed E-state index contributed by atoms with van der Waals surface area (Å²) in [6.45, 7) is 2.19. The minimum atomic E-state index is -4.84. The van der Waals surface area contributed by atoms with Gasteiger partial charge in [0.05, 0.1) is 29.4 Å². The Hall–Kier alpha value is -4.17. The maximum absolute atomic E-state index is 12.6. The molecule has 2 heterocycles. The lowest BCUT2D eigenvalue weighted by Gasteiger charge is -2.13. The highest BCUT2D eigenvalue weighted by atomic mass is 19.4. The number of aromatic nitrogens is 5. The first kappa shape index (κ1) is 27.9. The maximum atomic E-state index is 12.6. The zero-order valence-corrected chi connectivity index (χ0v) is 21.1. The summed E-state index contributed by atoms with van der Waals surface area (Å²) in [5.74, 6) is -0.264. The number of nitrogens with one attached hydrogen (secondary N) is 3. The summed E-state index contributed by atoms with van der Waals surface area (Å²) in [4.78, 5) is 11.9. The Balaban J connectivity index is 1.15. The number of halogens is 3. The van der Waals surface area contributed by atoms with Crippen LogP contribution < -0.4 is 20.1 Å². The van der Waals surface area contributed by atoms with Crippen LogP contribution >= 0.6 is 0 Å². The molecular weight excluding hydrogens is 519 g/mol. The lowest BCUT2D eigenvalue weighted by Crippen LogP contribution is -2.21. The van der Waals surface area contributed by atoms with Gasteiger partial charge >= 0.3 is 6.36 Å². The van der Waals surface area contributed by atoms with Gasteiger partial charge in [-0.05, 0) is 49.2 Å². The highest BCUT2D eigenvalue weighted by Gasteiger charge is 2.31. The van der Waals surface area contributed by atoms with E-state index < -0.39 is 18.0 Å². The average Bonchev–Trinajstić information content (AvgIpc) is 3.60. The Morgan fingerprint density at radius 2 is 1.87 bits per heavy atom. The monoisotopic (exact) mass is 547 g/mol. The second kappa shape index (κ2) is 13.1. The summed E-state index contributed by atoms with van der Waals surface area (Å²) in [6, 6.07) is 7.65. The van der Waals surface area contributed by atoms with Gasteiger partial charge in [0.15, 0.2) is 0 Å². The number of amides is 1. The maximum Gasteiger partial charge on any atom is 0.573 e. The number of nitrogens with zero attached hydrogens (tertiary/aromatic N) is 4. The van der Waals surface area contributed by atoms with Gasteiger partial charge in [0, 0.05) is 31.8 Å². The molecule has 208 valence electrons. The average molecular weight is 548 g/mol. The van der Waals surface area contributed by atoms with E-state index in [1.54, 1.807) is 23.4 Å². The number of benzene rings is 2. The molecule has 4 aromatic rings. The summed E-state index contributed by atoms with van der Waals surface area (Å²) < 4.78 is 55.2. The lowest BCUT2D eigenvalue weighted by atomic mass is 10.1. The number of carbonyl (C=O) groups excluding carboxylic acids is 1. The molecule has 0 bridgehead atoms. The van der Waals surface area contributed by atoms with Gasteiger partial charge in [0.1, 0.15) is 30.8 Å². The van der Waals surface area contributed by atoms with Gasteiger partial charge in [0.2, 0.25) is 0 Å². The van der Waals surface area contributed by atoms with Gasteiger partial charge in [-0.3, -0.25) is 14.5 Å². The molecule has 0 saturated carbocycles. The number of H-pyrrole nitrogens is 1. The van der Waals surface area contributed by atoms with Crippen LogP contribution in [0.15, 0.2) is 49.2 Å². The van der Waals surface area contributed by atoms with Crippen LogP contribution in [-0.2, 0) is 11.3 Å². The van der Waals surface area contributed by atoms with E-state index in [9.17, 15) is 18.0 Å². The summed E-state index contributed by atoms with van der Waals surface area (Å²) in [5, 5.41) is 21.1. The van der Waals surface area contributed by atoms with Crippen molar-refractivity contribution in [3.63, 3.8) is 0 Å². The fourth-order valence-electron chi connectivity index (χ4n) is 3.84. The number of rotatable bonds is 14. The second-order valence-corrected chi connectivity index (χ2v) is 8.48. The van der Waals surface area contributed by atoms with Crippen LogP contribution in [0.3, 0.4) is 0 Å². The van der Waals surface area contributed by atoms with Crippen LogP contribution in [0, 0.1) is 0 Å². The summed E-state index contributed by atoms with van der Waals surface area (Å²) >= 11 is 0. The van der Waals surface area contributed by atoms with Crippen molar-refractivity contribution in [2.24, 2.45) is 0 Å². The van der Waals surface area contributed by atoms with E-state index in [0.717, 1.165) is 35.5 Å². The molecule has 39 heavy (non-hydrogen) atoms. The van der Waals surface area contributed by atoms with Gasteiger partial charge in [-0.1, -0.05) is 0 Å². The van der Waals surface area contributed by atoms with E-state index in [2.05, 4.69) is 35.8 Å². The molecule has 0 aliphatic rings. The molecule has 0 atom stereocenters. The fraction of sp³-hybridized carbons (Fsp3) is 0.360. The molecule has 0 saturated heterocycles. The van der Waals surface area contributed by atoms with Crippen LogP contribution in [0.4, 0.5) is 13.2 Å². The van der Waals surface area contributed by atoms with Crippen LogP contribution in [0.5, 0.6) is 11.5 Å². The van der Waals surface area contributed by atoms with Crippen LogP contribution in [0.1, 0.15) is 28.8 Å². The number of aromatic amines is 1. The predicted octanol–water partition coefficient (Wildman–Crippen LogP) is 3.37. The summed E-state index contributed by atoms with van der Waals surface area (Å²) in [5.41, 5.74) is 2.26. The Morgan fingerprint density at radius 1 is 1.05 bits per heavy atom. The van der Waals surface area contributed by atoms with E-state index in [1.165, 1.54) is 19.2 Å². The smallest absolute Gasteiger partial charge is 0.490 e. The molecular formula is C25H28F3N7O4. The Bertz CT molecular complexity index is 1360. The van der Waals surface area contributed by atoms with Crippen molar-refractivity contribution in [2.75, 3.05) is 33.4 Å². The number of carbonyl (C=O) groups is 1. The summed E-state index contributed by atoms with van der Waals surface area (Å²) in [7, 11) is 1.41. The first-order valence-electron chi connectivity index (χ1n) is 12.2. The minimum Gasteiger partial charge on any atom is -0.490 e. The molecule has 1 amide bonds. The van der Waals surface area contributed by atoms with Crippen molar-refractivity contribution >= 4 is 16.8 Å². The van der Waals surface area contributed by atoms with Crippen LogP contribution in [-0.4, -0.2) is 70.6 Å². The molecule has 0 radical (unpaired) electrons. The number of unbranched alkanes of at least 4 members (excludes halogenated alkanes) is 1. The molecule has 2 aromatic carbocycles. The third-order valence-electron chi connectivity index (χ3n) is 5.62. The first-order valence-corrected chi connectivity index (χ1v) is 12.2. The fourth-order valence-corrected chi connectivity index (χ4v) is 3.84. The van der Waals surface area contributed by atoms with Gasteiger partial charge in [-0.25, -0.2) is 0 Å². The largest absolute Gasteiger partial charge is 0.573 e. The van der Waals surface area contributed by atoms with Crippen molar-refractivity contribution in [2.45, 2.75) is 25.7 Å². The third-order valence-corrected chi connectivity index (χ3v) is 5.62. The van der Waals surface area contributed by atoms with E-state index >= 15 is 0 Å². The van der Waals surface area contributed by atoms with Gasteiger partial charge in [-0.15, -0.1) is 23.4 Å². The van der Waals surface area contributed by atoms with E-state index in [0.29, 0.717) is 37.7 Å². The Labute approximate surface area is 221 Å². The van der Waals surface area contributed by atoms with Crippen LogP contribution in [0.25, 0.3) is 16.6 Å². The van der Waals surface area contributed by atoms with E-state index in [-0.39, 0.29) is 12.1 Å². The van der Waals surface area contributed by atoms with Crippen molar-refractivity contribution in [1.82, 2.24) is 35.6 Å².